The summed E-state index contributed by atoms with van der Waals surface area (Å²) in [7, 11) is 0. The third-order valence-electron chi connectivity index (χ3n) is 4.53. The fourth-order valence-corrected chi connectivity index (χ4v) is 5.13. The lowest BCUT2D eigenvalue weighted by atomic mass is 10.1. The predicted octanol–water partition coefficient (Wildman–Crippen LogP) is 4.19. The molecule has 4 aromatic rings. The molecule has 0 saturated carbocycles. The van der Waals surface area contributed by atoms with E-state index >= 15 is 0 Å². The van der Waals surface area contributed by atoms with E-state index in [1.54, 1.807) is 11.3 Å². The normalized spacial score (nSPS) is 15.3. The Morgan fingerprint density at radius 3 is 2.56 bits per heavy atom. The van der Waals surface area contributed by atoms with E-state index < -0.39 is 0 Å². The molecule has 2 aromatic heterocycles. The van der Waals surface area contributed by atoms with E-state index in [4.69, 9.17) is 9.97 Å². The van der Waals surface area contributed by atoms with E-state index in [0.29, 0.717) is 0 Å². The lowest BCUT2D eigenvalue weighted by Gasteiger charge is -2.26. The molecule has 4 nitrogen and oxygen atoms in total. The lowest BCUT2D eigenvalue weighted by Crippen LogP contribution is -2.37. The molecule has 1 saturated heterocycles. The first-order valence-electron chi connectivity index (χ1n) is 8.26. The fourth-order valence-electron chi connectivity index (χ4n) is 3.22. The van der Waals surface area contributed by atoms with E-state index in [9.17, 15) is 4.79 Å². The molecule has 124 valence electrons. The Kier molecular flexibility index (Phi) is 3.60. The minimum absolute atomic E-state index is 0.121. The van der Waals surface area contributed by atoms with Gasteiger partial charge in [0.1, 0.15) is 10.3 Å². The van der Waals surface area contributed by atoms with Gasteiger partial charge in [-0.2, -0.15) is 11.8 Å². The van der Waals surface area contributed by atoms with Crippen LogP contribution in [0.3, 0.4) is 0 Å². The number of aromatic nitrogens is 2. The molecule has 0 spiro atoms. The summed E-state index contributed by atoms with van der Waals surface area (Å²) in [6.07, 6.45) is 0. The summed E-state index contributed by atoms with van der Waals surface area (Å²) in [5, 5.41) is 1.02. The Balaban J connectivity index is 1.66. The highest BCUT2D eigenvalue weighted by molar-refractivity contribution is 7.99. The quantitative estimate of drug-likeness (QED) is 0.507. The average molecular weight is 365 g/mol. The number of benzene rings is 2. The van der Waals surface area contributed by atoms with Crippen molar-refractivity contribution in [2.24, 2.45) is 0 Å². The second kappa shape index (κ2) is 5.97. The minimum Gasteiger partial charge on any atom is -0.337 e. The number of carbonyl (C=O) groups excluding carboxylic acids is 1. The SMILES string of the molecule is O=C(c1ccc2sc3nc4ccccc4nc3c2c1)N1CCSCC1. The van der Waals surface area contributed by atoms with Crippen LogP contribution in [0.4, 0.5) is 0 Å². The molecule has 0 aliphatic carbocycles. The van der Waals surface area contributed by atoms with Crippen molar-refractivity contribution in [3.05, 3.63) is 48.0 Å². The maximum absolute atomic E-state index is 12.8. The van der Waals surface area contributed by atoms with Gasteiger partial charge in [-0.15, -0.1) is 11.3 Å². The maximum atomic E-state index is 12.8. The first kappa shape index (κ1) is 15.1. The van der Waals surface area contributed by atoms with E-state index in [1.807, 2.05) is 59.1 Å². The van der Waals surface area contributed by atoms with Crippen molar-refractivity contribution in [1.29, 1.82) is 0 Å². The van der Waals surface area contributed by atoms with Crippen molar-refractivity contribution in [2.75, 3.05) is 24.6 Å². The molecule has 1 aliphatic rings. The molecule has 3 heterocycles. The Bertz CT molecular complexity index is 1120. The van der Waals surface area contributed by atoms with Crippen LogP contribution in [0, 0.1) is 0 Å². The van der Waals surface area contributed by atoms with Gasteiger partial charge >= 0.3 is 0 Å². The summed E-state index contributed by atoms with van der Waals surface area (Å²) in [6, 6.07) is 13.9. The van der Waals surface area contributed by atoms with Gasteiger partial charge in [0.25, 0.3) is 5.91 Å². The van der Waals surface area contributed by atoms with Gasteiger partial charge in [-0.1, -0.05) is 12.1 Å². The van der Waals surface area contributed by atoms with E-state index in [1.165, 1.54) is 0 Å². The summed E-state index contributed by atoms with van der Waals surface area (Å²) < 4.78 is 1.12. The number of para-hydroxylation sites is 2. The largest absolute Gasteiger partial charge is 0.337 e. The molecule has 1 fully saturated rings. The molecular weight excluding hydrogens is 350 g/mol. The predicted molar refractivity (Wildman–Crippen MR) is 106 cm³/mol. The molecule has 0 bridgehead atoms. The third-order valence-corrected chi connectivity index (χ3v) is 6.52. The Labute approximate surface area is 152 Å². The zero-order chi connectivity index (χ0) is 16.8. The summed E-state index contributed by atoms with van der Waals surface area (Å²) in [5.41, 5.74) is 3.43. The van der Waals surface area contributed by atoms with Crippen molar-refractivity contribution >= 4 is 60.5 Å². The number of rotatable bonds is 1. The highest BCUT2D eigenvalue weighted by Gasteiger charge is 2.19. The van der Waals surface area contributed by atoms with Crippen LogP contribution in [0.2, 0.25) is 0 Å². The van der Waals surface area contributed by atoms with E-state index in [2.05, 4.69) is 0 Å². The Morgan fingerprint density at radius 1 is 1.00 bits per heavy atom. The Hall–Kier alpha value is -2.18. The molecule has 0 atom stereocenters. The number of hydrogen-bond donors (Lipinski definition) is 0. The van der Waals surface area contributed by atoms with Gasteiger partial charge in [0, 0.05) is 40.2 Å². The molecule has 1 aliphatic heterocycles. The Morgan fingerprint density at radius 2 is 1.76 bits per heavy atom. The van der Waals surface area contributed by atoms with Crippen LogP contribution in [0.1, 0.15) is 10.4 Å². The van der Waals surface area contributed by atoms with Gasteiger partial charge in [-0.25, -0.2) is 9.97 Å². The van der Waals surface area contributed by atoms with Crippen LogP contribution >= 0.6 is 23.1 Å². The second-order valence-electron chi connectivity index (χ2n) is 6.08. The fraction of sp³-hybridized carbons (Fsp3) is 0.211. The van der Waals surface area contributed by atoms with Crippen LogP contribution in [0.5, 0.6) is 0 Å². The van der Waals surface area contributed by atoms with Crippen molar-refractivity contribution in [1.82, 2.24) is 14.9 Å². The van der Waals surface area contributed by atoms with E-state index in [-0.39, 0.29) is 5.91 Å². The van der Waals surface area contributed by atoms with Crippen LogP contribution in [-0.2, 0) is 0 Å². The molecular formula is C19H15N3OS2. The molecule has 2 aromatic carbocycles. The van der Waals surface area contributed by atoms with Gasteiger partial charge in [0.05, 0.1) is 11.0 Å². The van der Waals surface area contributed by atoms with Crippen LogP contribution in [0.25, 0.3) is 31.5 Å². The minimum atomic E-state index is 0.121. The number of fused-ring (bicyclic) bond motifs is 4. The first-order chi connectivity index (χ1) is 12.3. The van der Waals surface area contributed by atoms with Gasteiger partial charge in [0.15, 0.2) is 0 Å². The highest BCUT2D eigenvalue weighted by atomic mass is 32.2. The van der Waals surface area contributed by atoms with E-state index in [0.717, 1.165) is 61.6 Å². The third kappa shape index (κ3) is 2.56. The zero-order valence-corrected chi connectivity index (χ0v) is 15.1. The molecule has 5 rings (SSSR count). The average Bonchev–Trinajstić information content (AvgIpc) is 3.03. The summed E-state index contributed by atoms with van der Waals surface area (Å²) in [5.74, 6) is 2.16. The van der Waals surface area contributed by atoms with Crippen LogP contribution < -0.4 is 0 Å². The summed E-state index contributed by atoms with van der Waals surface area (Å²) in [6.45, 7) is 1.66. The molecule has 0 N–H and O–H groups in total. The molecule has 0 radical (unpaired) electrons. The van der Waals surface area contributed by atoms with Crippen molar-refractivity contribution in [3.8, 4) is 0 Å². The topological polar surface area (TPSA) is 46.1 Å². The van der Waals surface area contributed by atoms with Gasteiger partial charge in [-0.05, 0) is 30.3 Å². The molecule has 6 heteroatoms. The zero-order valence-electron chi connectivity index (χ0n) is 13.4. The number of amides is 1. The van der Waals surface area contributed by atoms with Crippen molar-refractivity contribution in [2.45, 2.75) is 0 Å². The molecule has 25 heavy (non-hydrogen) atoms. The van der Waals surface area contributed by atoms with Gasteiger partial charge < -0.3 is 4.90 Å². The maximum Gasteiger partial charge on any atom is 0.253 e. The number of nitrogens with zero attached hydrogens (tertiary/aromatic N) is 3. The molecule has 1 amide bonds. The number of thiophene rings is 1. The first-order valence-corrected chi connectivity index (χ1v) is 10.2. The van der Waals surface area contributed by atoms with Crippen molar-refractivity contribution < 1.29 is 4.79 Å². The standard InChI is InChI=1S/C19H15N3OS2/c23-19(22-7-9-24-10-8-22)12-5-6-16-13(11-12)17-18(25-16)21-15-4-2-1-3-14(15)20-17/h1-6,11H,7-10H2. The monoisotopic (exact) mass is 365 g/mol. The summed E-state index contributed by atoms with van der Waals surface area (Å²) >= 11 is 3.54. The van der Waals surface area contributed by atoms with Crippen molar-refractivity contribution in [3.63, 3.8) is 0 Å². The molecule has 0 unspecified atom stereocenters. The van der Waals surface area contributed by atoms with Crippen LogP contribution in [-0.4, -0.2) is 45.4 Å². The van der Waals surface area contributed by atoms with Crippen LogP contribution in [0.15, 0.2) is 42.5 Å². The smallest absolute Gasteiger partial charge is 0.253 e. The summed E-state index contributed by atoms with van der Waals surface area (Å²) in [4.78, 5) is 25.2. The van der Waals surface area contributed by atoms with Gasteiger partial charge in [-0.3, -0.25) is 4.79 Å². The van der Waals surface area contributed by atoms with Gasteiger partial charge in [0.2, 0.25) is 0 Å². The number of thioether (sulfide) groups is 1. The number of hydrogen-bond acceptors (Lipinski definition) is 5. The second-order valence-corrected chi connectivity index (χ2v) is 8.34. The number of carbonyl (C=O) groups is 1. The highest BCUT2D eigenvalue weighted by Crippen LogP contribution is 2.33. The lowest BCUT2D eigenvalue weighted by molar-refractivity contribution is 0.0772.